The van der Waals surface area contributed by atoms with Crippen LogP contribution in [0.4, 0.5) is 4.39 Å². The highest BCUT2D eigenvalue weighted by atomic mass is 19.1. The SMILES string of the molecule is Cc1cc2c(cc1F)[nH]c(=O)c(=O)n2C. The number of rotatable bonds is 0. The van der Waals surface area contributed by atoms with Crippen molar-refractivity contribution < 1.29 is 4.39 Å². The standard InChI is InChI=1S/C10H9FN2O2/c1-5-3-8-7(4-6(5)11)12-9(14)10(15)13(8)2/h3-4H,1-2H3,(H,12,14). The van der Waals surface area contributed by atoms with Crippen LogP contribution in [0.2, 0.25) is 0 Å². The maximum atomic E-state index is 13.2. The molecule has 1 aromatic heterocycles. The van der Waals surface area contributed by atoms with Crippen molar-refractivity contribution in [3.05, 3.63) is 44.2 Å². The number of aryl methyl sites for hydroxylation is 2. The van der Waals surface area contributed by atoms with Gasteiger partial charge in [-0.1, -0.05) is 0 Å². The largest absolute Gasteiger partial charge is 0.316 e. The van der Waals surface area contributed by atoms with Gasteiger partial charge < -0.3 is 9.55 Å². The van der Waals surface area contributed by atoms with Gasteiger partial charge in [0.2, 0.25) is 0 Å². The Hall–Kier alpha value is -1.91. The van der Waals surface area contributed by atoms with Crippen molar-refractivity contribution in [1.82, 2.24) is 9.55 Å². The van der Waals surface area contributed by atoms with Gasteiger partial charge in [-0.05, 0) is 24.6 Å². The molecule has 0 bridgehead atoms. The van der Waals surface area contributed by atoms with Gasteiger partial charge >= 0.3 is 11.1 Å². The molecule has 1 heterocycles. The highest BCUT2D eigenvalue weighted by Gasteiger charge is 2.06. The van der Waals surface area contributed by atoms with Crippen molar-refractivity contribution in [2.24, 2.45) is 7.05 Å². The molecular formula is C10H9FN2O2. The molecule has 2 rings (SSSR count). The van der Waals surface area contributed by atoms with E-state index in [4.69, 9.17) is 0 Å². The lowest BCUT2D eigenvalue weighted by Crippen LogP contribution is -2.34. The van der Waals surface area contributed by atoms with E-state index in [1.54, 1.807) is 6.92 Å². The van der Waals surface area contributed by atoms with E-state index in [0.29, 0.717) is 16.6 Å². The molecule has 0 radical (unpaired) electrons. The number of benzene rings is 1. The van der Waals surface area contributed by atoms with E-state index >= 15 is 0 Å². The molecule has 0 saturated carbocycles. The van der Waals surface area contributed by atoms with Crippen molar-refractivity contribution >= 4 is 11.0 Å². The summed E-state index contributed by atoms with van der Waals surface area (Å²) in [4.78, 5) is 24.8. The lowest BCUT2D eigenvalue weighted by Gasteiger charge is -2.05. The highest BCUT2D eigenvalue weighted by molar-refractivity contribution is 5.75. The van der Waals surface area contributed by atoms with Crippen LogP contribution in [0.1, 0.15) is 5.56 Å². The van der Waals surface area contributed by atoms with Gasteiger partial charge in [0.05, 0.1) is 11.0 Å². The maximum Gasteiger partial charge on any atom is 0.316 e. The van der Waals surface area contributed by atoms with Crippen LogP contribution in [0.5, 0.6) is 0 Å². The van der Waals surface area contributed by atoms with Gasteiger partial charge in [-0.25, -0.2) is 4.39 Å². The van der Waals surface area contributed by atoms with Crippen LogP contribution in [-0.2, 0) is 7.05 Å². The van der Waals surface area contributed by atoms with E-state index in [1.165, 1.54) is 23.7 Å². The molecule has 1 aromatic carbocycles. The zero-order valence-electron chi connectivity index (χ0n) is 8.30. The Morgan fingerprint density at radius 3 is 2.67 bits per heavy atom. The zero-order valence-corrected chi connectivity index (χ0v) is 8.30. The summed E-state index contributed by atoms with van der Waals surface area (Å²) in [6.45, 7) is 1.60. The third kappa shape index (κ3) is 1.36. The van der Waals surface area contributed by atoms with E-state index in [1.807, 2.05) is 0 Å². The summed E-state index contributed by atoms with van der Waals surface area (Å²) in [6, 6.07) is 2.74. The maximum absolute atomic E-state index is 13.2. The van der Waals surface area contributed by atoms with Gasteiger partial charge in [-0.2, -0.15) is 0 Å². The Bertz CT molecular complexity index is 655. The van der Waals surface area contributed by atoms with E-state index in [-0.39, 0.29) is 0 Å². The van der Waals surface area contributed by atoms with Gasteiger partial charge in [0.1, 0.15) is 5.82 Å². The molecule has 1 N–H and O–H groups in total. The summed E-state index contributed by atoms with van der Waals surface area (Å²) in [6.07, 6.45) is 0. The smallest absolute Gasteiger partial charge is 0.316 e. The third-order valence-corrected chi connectivity index (χ3v) is 2.39. The quantitative estimate of drug-likeness (QED) is 0.647. The zero-order chi connectivity index (χ0) is 11.2. The summed E-state index contributed by atoms with van der Waals surface area (Å²) in [7, 11) is 1.48. The first-order valence-electron chi connectivity index (χ1n) is 4.40. The molecule has 2 aromatic rings. The molecule has 0 aliphatic carbocycles. The second-order valence-corrected chi connectivity index (χ2v) is 3.44. The average Bonchev–Trinajstić information content (AvgIpc) is 2.19. The molecule has 0 aliphatic rings. The van der Waals surface area contributed by atoms with Crippen molar-refractivity contribution in [2.75, 3.05) is 0 Å². The molecule has 78 valence electrons. The van der Waals surface area contributed by atoms with Crippen molar-refractivity contribution in [3.8, 4) is 0 Å². The average molecular weight is 208 g/mol. The number of hydrogen-bond donors (Lipinski definition) is 1. The lowest BCUT2D eigenvalue weighted by atomic mass is 10.2. The van der Waals surface area contributed by atoms with Crippen LogP contribution >= 0.6 is 0 Å². The molecule has 0 amide bonds. The Kier molecular flexibility index (Phi) is 1.96. The Balaban J connectivity index is 3.06. The first kappa shape index (κ1) is 9.64. The van der Waals surface area contributed by atoms with E-state index in [9.17, 15) is 14.0 Å². The number of nitrogens with zero attached hydrogens (tertiary/aromatic N) is 1. The van der Waals surface area contributed by atoms with Gasteiger partial charge in [0, 0.05) is 7.05 Å². The molecule has 15 heavy (non-hydrogen) atoms. The van der Waals surface area contributed by atoms with Gasteiger partial charge in [0.25, 0.3) is 0 Å². The van der Waals surface area contributed by atoms with Gasteiger partial charge in [0.15, 0.2) is 0 Å². The lowest BCUT2D eigenvalue weighted by molar-refractivity contribution is 0.619. The van der Waals surface area contributed by atoms with Gasteiger partial charge in [-0.15, -0.1) is 0 Å². The summed E-state index contributed by atoms with van der Waals surface area (Å²) < 4.78 is 14.4. The van der Waals surface area contributed by atoms with Crippen LogP contribution in [0, 0.1) is 12.7 Å². The monoisotopic (exact) mass is 208 g/mol. The Labute approximate surface area is 84.0 Å². The van der Waals surface area contributed by atoms with E-state index < -0.39 is 16.9 Å². The van der Waals surface area contributed by atoms with E-state index in [0.717, 1.165) is 0 Å². The van der Waals surface area contributed by atoms with Crippen molar-refractivity contribution in [1.29, 1.82) is 0 Å². The minimum Gasteiger partial charge on any atom is -0.316 e. The van der Waals surface area contributed by atoms with Crippen molar-refractivity contribution in [3.63, 3.8) is 0 Å². The molecule has 0 atom stereocenters. The van der Waals surface area contributed by atoms with Crippen LogP contribution in [0.25, 0.3) is 11.0 Å². The predicted octanol–water partition coefficient (Wildman–Crippen LogP) is 0.674. The molecule has 0 unspecified atom stereocenters. The molecular weight excluding hydrogens is 199 g/mol. The van der Waals surface area contributed by atoms with Crippen molar-refractivity contribution in [2.45, 2.75) is 6.92 Å². The van der Waals surface area contributed by atoms with Crippen LogP contribution < -0.4 is 11.1 Å². The second-order valence-electron chi connectivity index (χ2n) is 3.44. The fourth-order valence-corrected chi connectivity index (χ4v) is 1.48. The summed E-state index contributed by atoms with van der Waals surface area (Å²) >= 11 is 0. The number of aromatic nitrogens is 2. The number of aromatic amines is 1. The summed E-state index contributed by atoms with van der Waals surface area (Å²) in [5, 5.41) is 0. The van der Waals surface area contributed by atoms with Crippen LogP contribution in [-0.4, -0.2) is 9.55 Å². The predicted molar refractivity (Wildman–Crippen MR) is 54.5 cm³/mol. The fraction of sp³-hybridized carbons (Fsp3) is 0.200. The molecule has 0 spiro atoms. The minimum atomic E-state index is -0.742. The second kappa shape index (κ2) is 3.05. The number of fused-ring (bicyclic) bond motifs is 1. The minimum absolute atomic E-state index is 0.324. The van der Waals surface area contributed by atoms with Crippen LogP contribution in [0.15, 0.2) is 21.7 Å². The molecule has 0 fully saturated rings. The third-order valence-electron chi connectivity index (χ3n) is 2.39. The molecule has 0 saturated heterocycles. The normalized spacial score (nSPS) is 10.9. The summed E-state index contributed by atoms with van der Waals surface area (Å²) in [5.41, 5.74) is -0.116. The van der Waals surface area contributed by atoms with Gasteiger partial charge in [-0.3, -0.25) is 9.59 Å². The number of hydrogen-bond acceptors (Lipinski definition) is 2. The number of halogens is 1. The number of H-pyrrole nitrogens is 1. The summed E-state index contributed by atoms with van der Waals surface area (Å²) in [5.74, 6) is -0.406. The first-order chi connectivity index (χ1) is 7.00. The molecule has 4 nitrogen and oxygen atoms in total. The fourth-order valence-electron chi connectivity index (χ4n) is 1.48. The molecule has 0 aliphatic heterocycles. The molecule has 5 heteroatoms. The topological polar surface area (TPSA) is 54.9 Å². The first-order valence-corrected chi connectivity index (χ1v) is 4.40. The number of nitrogens with one attached hydrogen (secondary N) is 1. The van der Waals surface area contributed by atoms with Crippen LogP contribution in [0.3, 0.4) is 0 Å². The highest BCUT2D eigenvalue weighted by Crippen LogP contribution is 2.13. The van der Waals surface area contributed by atoms with E-state index in [2.05, 4.69) is 4.98 Å². The Morgan fingerprint density at radius 1 is 1.33 bits per heavy atom. The Morgan fingerprint density at radius 2 is 2.00 bits per heavy atom.